The summed E-state index contributed by atoms with van der Waals surface area (Å²) in [5, 5.41) is 5.01. The van der Waals surface area contributed by atoms with E-state index in [2.05, 4.69) is 5.32 Å². The van der Waals surface area contributed by atoms with Crippen molar-refractivity contribution in [2.45, 2.75) is 0 Å². The van der Waals surface area contributed by atoms with Crippen LogP contribution in [0.4, 0.5) is 10.5 Å². The molecule has 0 aliphatic heterocycles. The second-order valence-corrected chi connectivity index (χ2v) is 6.48. The lowest BCUT2D eigenvalue weighted by molar-refractivity contribution is 0.207. The van der Waals surface area contributed by atoms with Crippen LogP contribution in [0.1, 0.15) is 0 Å². The fourth-order valence-corrected chi connectivity index (χ4v) is 3.13. The summed E-state index contributed by atoms with van der Waals surface area (Å²) >= 11 is 1.65. The molecule has 0 bridgehead atoms. The van der Waals surface area contributed by atoms with E-state index < -0.39 is 0 Å². The molecule has 0 saturated heterocycles. The number of hydrogen-bond donors (Lipinski definition) is 1. The summed E-state index contributed by atoms with van der Waals surface area (Å²) in [5.41, 5.74) is 1.84. The number of amides is 2. The van der Waals surface area contributed by atoms with E-state index in [0.717, 1.165) is 21.9 Å². The molecule has 0 saturated carbocycles. The second-order valence-electron chi connectivity index (χ2n) is 5.54. The van der Waals surface area contributed by atoms with E-state index in [0.29, 0.717) is 13.2 Å². The molecular formula is C20H20N2O2S. The third-order valence-corrected chi connectivity index (χ3v) is 4.64. The van der Waals surface area contributed by atoms with Crippen LogP contribution < -0.4 is 10.1 Å². The molecule has 4 nitrogen and oxygen atoms in total. The van der Waals surface area contributed by atoms with Gasteiger partial charge in [-0.05, 0) is 29.6 Å². The molecule has 0 unspecified atom stereocenters. The maximum absolute atomic E-state index is 12.4. The first-order valence-corrected chi connectivity index (χ1v) is 8.95. The molecule has 0 aliphatic carbocycles. The molecule has 5 heteroatoms. The molecule has 1 heterocycles. The van der Waals surface area contributed by atoms with E-state index in [-0.39, 0.29) is 6.03 Å². The standard InChI is InChI=1S/C20H20N2O2S/c1-22(13-14-24-16-8-3-2-4-9-16)20(23)21-18-11-6-5-10-17(18)19-12-7-15-25-19/h2-12,15H,13-14H2,1H3,(H,21,23). The number of nitrogens with zero attached hydrogens (tertiary/aromatic N) is 1. The lowest BCUT2D eigenvalue weighted by atomic mass is 10.1. The van der Waals surface area contributed by atoms with Crippen molar-refractivity contribution >= 4 is 23.1 Å². The SMILES string of the molecule is CN(CCOc1ccccc1)C(=O)Nc1ccccc1-c1cccs1. The number of urea groups is 1. The molecule has 2 amide bonds. The number of hydrogen-bond acceptors (Lipinski definition) is 3. The Balaban J connectivity index is 1.57. The number of ether oxygens (including phenoxy) is 1. The van der Waals surface area contributed by atoms with Gasteiger partial charge < -0.3 is 15.0 Å². The largest absolute Gasteiger partial charge is 0.492 e. The average molecular weight is 352 g/mol. The van der Waals surface area contributed by atoms with E-state index in [1.165, 1.54) is 0 Å². The lowest BCUT2D eigenvalue weighted by Crippen LogP contribution is -2.34. The van der Waals surface area contributed by atoms with Gasteiger partial charge in [-0.3, -0.25) is 0 Å². The van der Waals surface area contributed by atoms with E-state index in [1.807, 2.05) is 72.1 Å². The minimum absolute atomic E-state index is 0.152. The third-order valence-electron chi connectivity index (χ3n) is 3.74. The van der Waals surface area contributed by atoms with Crippen molar-refractivity contribution < 1.29 is 9.53 Å². The van der Waals surface area contributed by atoms with Crippen LogP contribution in [-0.2, 0) is 0 Å². The van der Waals surface area contributed by atoms with Gasteiger partial charge in [-0.2, -0.15) is 0 Å². The fourth-order valence-electron chi connectivity index (χ4n) is 2.37. The van der Waals surface area contributed by atoms with E-state index in [4.69, 9.17) is 4.74 Å². The molecule has 128 valence electrons. The van der Waals surface area contributed by atoms with Gasteiger partial charge in [0.25, 0.3) is 0 Å². The van der Waals surface area contributed by atoms with Gasteiger partial charge in [0, 0.05) is 17.5 Å². The molecule has 25 heavy (non-hydrogen) atoms. The summed E-state index contributed by atoms with van der Waals surface area (Å²) in [6.45, 7) is 0.947. The monoisotopic (exact) mass is 352 g/mol. The topological polar surface area (TPSA) is 41.6 Å². The highest BCUT2D eigenvalue weighted by Crippen LogP contribution is 2.31. The summed E-state index contributed by atoms with van der Waals surface area (Å²) in [6, 6.07) is 21.3. The van der Waals surface area contributed by atoms with Gasteiger partial charge in [-0.1, -0.05) is 42.5 Å². The first-order valence-electron chi connectivity index (χ1n) is 8.07. The van der Waals surface area contributed by atoms with Crippen LogP contribution in [-0.4, -0.2) is 31.1 Å². The molecule has 3 rings (SSSR count). The summed E-state index contributed by atoms with van der Waals surface area (Å²) in [7, 11) is 1.76. The molecule has 1 N–H and O–H groups in total. The maximum Gasteiger partial charge on any atom is 0.321 e. The van der Waals surface area contributed by atoms with E-state index in [9.17, 15) is 4.79 Å². The summed E-state index contributed by atoms with van der Waals surface area (Å²) in [6.07, 6.45) is 0. The number of thiophene rings is 1. The van der Waals surface area contributed by atoms with Gasteiger partial charge in [0.15, 0.2) is 0 Å². The van der Waals surface area contributed by atoms with Gasteiger partial charge in [0.05, 0.1) is 12.2 Å². The number of para-hydroxylation sites is 2. The highest BCUT2D eigenvalue weighted by Gasteiger charge is 2.12. The van der Waals surface area contributed by atoms with Crippen LogP contribution in [0.25, 0.3) is 10.4 Å². The van der Waals surface area contributed by atoms with Crippen molar-refractivity contribution in [2.75, 3.05) is 25.5 Å². The Morgan fingerprint density at radius 2 is 1.80 bits per heavy atom. The van der Waals surface area contributed by atoms with Gasteiger partial charge in [0.1, 0.15) is 12.4 Å². The number of nitrogens with one attached hydrogen (secondary N) is 1. The molecule has 0 spiro atoms. The van der Waals surface area contributed by atoms with Gasteiger partial charge >= 0.3 is 6.03 Å². The normalized spacial score (nSPS) is 10.3. The number of carbonyl (C=O) groups excluding carboxylic acids is 1. The fraction of sp³-hybridized carbons (Fsp3) is 0.150. The van der Waals surface area contributed by atoms with Crippen molar-refractivity contribution in [2.24, 2.45) is 0 Å². The first-order chi connectivity index (χ1) is 12.2. The van der Waals surface area contributed by atoms with E-state index in [1.54, 1.807) is 23.3 Å². The Labute approximate surface area is 151 Å². The number of benzene rings is 2. The van der Waals surface area contributed by atoms with Crippen LogP contribution in [0.2, 0.25) is 0 Å². The Morgan fingerprint density at radius 1 is 1.04 bits per heavy atom. The molecule has 0 fully saturated rings. The molecule has 0 radical (unpaired) electrons. The minimum Gasteiger partial charge on any atom is -0.492 e. The Bertz CT molecular complexity index is 804. The number of anilines is 1. The molecule has 1 aromatic heterocycles. The highest BCUT2D eigenvalue weighted by molar-refractivity contribution is 7.13. The summed E-state index contributed by atoms with van der Waals surface area (Å²) in [4.78, 5) is 15.2. The van der Waals surface area contributed by atoms with Gasteiger partial charge in [0.2, 0.25) is 0 Å². The van der Waals surface area contributed by atoms with Crippen LogP contribution in [0.15, 0.2) is 72.1 Å². The Morgan fingerprint density at radius 3 is 2.56 bits per heavy atom. The van der Waals surface area contributed by atoms with Crippen molar-refractivity contribution in [3.8, 4) is 16.2 Å². The van der Waals surface area contributed by atoms with Crippen molar-refractivity contribution in [3.05, 3.63) is 72.1 Å². The van der Waals surface area contributed by atoms with Gasteiger partial charge in [-0.15, -0.1) is 11.3 Å². The van der Waals surface area contributed by atoms with Crippen LogP contribution in [0.5, 0.6) is 5.75 Å². The van der Waals surface area contributed by atoms with Crippen molar-refractivity contribution in [3.63, 3.8) is 0 Å². The minimum atomic E-state index is -0.152. The van der Waals surface area contributed by atoms with Crippen molar-refractivity contribution in [1.82, 2.24) is 4.90 Å². The lowest BCUT2D eigenvalue weighted by Gasteiger charge is -2.19. The number of rotatable bonds is 6. The number of carbonyl (C=O) groups is 1. The zero-order chi connectivity index (χ0) is 17.5. The maximum atomic E-state index is 12.4. The molecule has 2 aromatic carbocycles. The molecule has 3 aromatic rings. The average Bonchev–Trinajstić information content (AvgIpc) is 3.17. The smallest absolute Gasteiger partial charge is 0.321 e. The summed E-state index contributed by atoms with van der Waals surface area (Å²) < 4.78 is 5.64. The zero-order valence-electron chi connectivity index (χ0n) is 14.0. The predicted octanol–water partition coefficient (Wildman–Crippen LogP) is 4.96. The van der Waals surface area contributed by atoms with Gasteiger partial charge in [-0.25, -0.2) is 4.79 Å². The van der Waals surface area contributed by atoms with Crippen molar-refractivity contribution in [1.29, 1.82) is 0 Å². The molecular weight excluding hydrogens is 332 g/mol. The second kappa shape index (κ2) is 8.35. The third kappa shape index (κ3) is 4.61. The summed E-state index contributed by atoms with van der Waals surface area (Å²) in [5.74, 6) is 0.805. The van der Waals surface area contributed by atoms with Crippen LogP contribution >= 0.6 is 11.3 Å². The molecule has 0 atom stereocenters. The first kappa shape index (κ1) is 17.0. The molecule has 0 aliphatic rings. The van der Waals surface area contributed by atoms with Crippen LogP contribution in [0, 0.1) is 0 Å². The zero-order valence-corrected chi connectivity index (χ0v) is 14.8. The Hall–Kier alpha value is -2.79. The highest BCUT2D eigenvalue weighted by atomic mass is 32.1. The quantitative estimate of drug-likeness (QED) is 0.681. The number of likely N-dealkylation sites (N-methyl/N-ethyl adjacent to an activating group) is 1. The van der Waals surface area contributed by atoms with Crippen LogP contribution in [0.3, 0.4) is 0 Å². The van der Waals surface area contributed by atoms with E-state index >= 15 is 0 Å². The predicted molar refractivity (Wildman–Crippen MR) is 103 cm³/mol. The Kier molecular flexibility index (Phi) is 5.69.